The summed E-state index contributed by atoms with van der Waals surface area (Å²) in [5.41, 5.74) is 5.08. The summed E-state index contributed by atoms with van der Waals surface area (Å²) in [5.74, 6) is 0.0231. The smallest absolute Gasteiger partial charge is 0.329 e. The number of nitrogens with zero attached hydrogens (tertiary/aromatic N) is 1. The van der Waals surface area contributed by atoms with Crippen LogP contribution in [0.5, 0.6) is 0 Å². The maximum absolute atomic E-state index is 13.7. The summed E-state index contributed by atoms with van der Waals surface area (Å²) in [7, 11) is 0. The highest BCUT2D eigenvalue weighted by Gasteiger charge is 2.35. The fraction of sp³-hybridized carbons (Fsp3) is 0.314. The molecular formula is C35H38N2O5S. The Kier molecular flexibility index (Phi) is 9.58. The molecule has 0 radical (unpaired) electrons. The number of aliphatic carboxylic acids is 1. The minimum absolute atomic E-state index is 0.0276. The number of hydrogen-bond donors (Lipinski definition) is 2. The zero-order chi connectivity index (χ0) is 30.4. The predicted molar refractivity (Wildman–Crippen MR) is 170 cm³/mol. The van der Waals surface area contributed by atoms with E-state index < -0.39 is 17.4 Å². The number of ether oxygens (including phenoxy) is 2. The van der Waals surface area contributed by atoms with Gasteiger partial charge in [0.05, 0.1) is 0 Å². The van der Waals surface area contributed by atoms with Gasteiger partial charge in [-0.05, 0) is 72.2 Å². The van der Waals surface area contributed by atoms with E-state index in [-0.39, 0.29) is 12.9 Å². The van der Waals surface area contributed by atoms with Crippen LogP contribution in [0, 0.1) is 6.92 Å². The quantitative estimate of drug-likeness (QED) is 0.245. The fourth-order valence-electron chi connectivity index (χ4n) is 5.43. The van der Waals surface area contributed by atoms with E-state index in [1.807, 2.05) is 67.8 Å². The summed E-state index contributed by atoms with van der Waals surface area (Å²) in [6, 6.07) is 24.1. The topological polar surface area (TPSA) is 88.1 Å². The number of aryl methyl sites for hydroxylation is 1. The van der Waals surface area contributed by atoms with Crippen molar-refractivity contribution in [2.75, 3.05) is 18.8 Å². The number of carboxylic acid groups (broad SMARTS) is 1. The number of carbonyl (C=O) groups is 2. The van der Waals surface area contributed by atoms with Crippen LogP contribution in [0.2, 0.25) is 0 Å². The van der Waals surface area contributed by atoms with Gasteiger partial charge in [0.1, 0.15) is 17.4 Å². The molecule has 1 amide bonds. The van der Waals surface area contributed by atoms with Crippen molar-refractivity contribution < 1.29 is 24.2 Å². The first-order valence-electron chi connectivity index (χ1n) is 14.5. The van der Waals surface area contributed by atoms with Gasteiger partial charge in [0.25, 0.3) is 5.91 Å². The molecule has 1 aliphatic heterocycles. The number of benzene rings is 3. The van der Waals surface area contributed by atoms with Gasteiger partial charge in [-0.15, -0.1) is 0 Å². The van der Waals surface area contributed by atoms with Gasteiger partial charge in [-0.3, -0.25) is 4.79 Å². The minimum atomic E-state index is -1.38. The number of amides is 1. The first-order valence-corrected chi connectivity index (χ1v) is 15.9. The summed E-state index contributed by atoms with van der Waals surface area (Å²) in [4.78, 5) is 28.2. The summed E-state index contributed by atoms with van der Waals surface area (Å²) < 4.78 is 11.4. The monoisotopic (exact) mass is 598 g/mol. The Labute approximate surface area is 257 Å². The van der Waals surface area contributed by atoms with Crippen LogP contribution in [0.3, 0.4) is 0 Å². The van der Waals surface area contributed by atoms with Gasteiger partial charge in [0.15, 0.2) is 6.79 Å². The average Bonchev–Trinajstić information content (AvgIpc) is 3.48. The molecular weight excluding hydrogens is 560 g/mol. The van der Waals surface area contributed by atoms with Crippen molar-refractivity contribution in [3.8, 4) is 11.1 Å². The molecule has 0 aromatic heterocycles. The molecule has 8 heteroatoms. The van der Waals surface area contributed by atoms with E-state index in [1.165, 1.54) is 5.56 Å². The van der Waals surface area contributed by atoms with Crippen molar-refractivity contribution in [1.82, 2.24) is 10.2 Å². The van der Waals surface area contributed by atoms with Crippen molar-refractivity contribution >= 4 is 23.6 Å². The predicted octanol–water partition coefficient (Wildman–Crippen LogP) is 6.53. The fourth-order valence-corrected chi connectivity index (χ4v) is 6.04. The van der Waals surface area contributed by atoms with Crippen molar-refractivity contribution in [3.05, 3.63) is 119 Å². The number of hydrogen-bond acceptors (Lipinski definition) is 6. The average molecular weight is 599 g/mol. The number of allylic oxidation sites excluding steroid dienone is 1. The molecule has 0 spiro atoms. The third kappa shape index (κ3) is 7.14. The van der Waals surface area contributed by atoms with E-state index in [2.05, 4.69) is 40.6 Å². The Morgan fingerprint density at radius 3 is 2.51 bits per heavy atom. The molecule has 0 saturated carbocycles. The standard InChI is InChI=1S/C35H38N2O5S/c1-24-9-7-8-12-28(24)30-19-26(13-15-29(30)33(38)36-35(2,34(39)40)17-18-43-3)22-37(21-25-10-5-4-6-11-25)27-14-16-31-32(20-27)42-23-41-31/h4-15,19-20,31H,16-18,21-23H2,1-3H3,(H,36,38)(H,39,40)/t31?,35-/m1/s1. The van der Waals surface area contributed by atoms with Gasteiger partial charge in [0.2, 0.25) is 0 Å². The molecule has 1 unspecified atom stereocenters. The molecule has 0 bridgehead atoms. The number of fused-ring (bicyclic) bond motifs is 1. The van der Waals surface area contributed by atoms with Crippen LogP contribution in [0.25, 0.3) is 11.1 Å². The van der Waals surface area contributed by atoms with Gasteiger partial charge < -0.3 is 24.8 Å². The third-order valence-electron chi connectivity index (χ3n) is 8.03. The van der Waals surface area contributed by atoms with Crippen molar-refractivity contribution in [2.24, 2.45) is 0 Å². The molecule has 224 valence electrons. The van der Waals surface area contributed by atoms with Gasteiger partial charge in [-0.1, -0.05) is 66.7 Å². The summed E-state index contributed by atoms with van der Waals surface area (Å²) in [6.45, 7) is 5.15. The lowest BCUT2D eigenvalue weighted by atomic mass is 9.92. The molecule has 43 heavy (non-hydrogen) atoms. The van der Waals surface area contributed by atoms with E-state index in [1.54, 1.807) is 18.7 Å². The summed E-state index contributed by atoms with van der Waals surface area (Å²) >= 11 is 1.55. The molecule has 3 aromatic rings. The van der Waals surface area contributed by atoms with Crippen LogP contribution in [0.4, 0.5) is 0 Å². The van der Waals surface area contributed by atoms with Crippen LogP contribution in [0.15, 0.2) is 96.4 Å². The SMILES string of the molecule is CSCC[C@@](C)(NC(=O)c1ccc(CN(Cc2ccccc2)C2=CCC3OCOC3=C2)cc1-c1ccccc1C)C(=O)O. The maximum Gasteiger partial charge on any atom is 0.329 e. The Hall–Kier alpha value is -4.01. The number of carboxylic acids is 1. The van der Waals surface area contributed by atoms with Crippen molar-refractivity contribution in [2.45, 2.75) is 51.4 Å². The van der Waals surface area contributed by atoms with Gasteiger partial charge >= 0.3 is 5.97 Å². The number of carbonyl (C=O) groups excluding carboxylic acids is 1. The van der Waals surface area contributed by atoms with Crippen LogP contribution in [-0.2, 0) is 27.4 Å². The molecule has 1 fully saturated rings. The first kappa shape index (κ1) is 30.4. The van der Waals surface area contributed by atoms with Crippen molar-refractivity contribution in [1.29, 1.82) is 0 Å². The van der Waals surface area contributed by atoms with Crippen molar-refractivity contribution in [3.63, 3.8) is 0 Å². The number of thioether (sulfide) groups is 1. The molecule has 7 nitrogen and oxygen atoms in total. The highest BCUT2D eigenvalue weighted by atomic mass is 32.2. The van der Waals surface area contributed by atoms with E-state index in [0.29, 0.717) is 30.8 Å². The second-order valence-electron chi connectivity index (χ2n) is 11.2. The molecule has 1 aliphatic carbocycles. The van der Waals surface area contributed by atoms with Crippen LogP contribution in [-0.4, -0.2) is 52.3 Å². The molecule has 2 atom stereocenters. The normalized spacial score (nSPS) is 17.1. The van der Waals surface area contributed by atoms with E-state index in [9.17, 15) is 14.7 Å². The Balaban J connectivity index is 1.50. The van der Waals surface area contributed by atoms with E-state index >= 15 is 0 Å². The Morgan fingerprint density at radius 1 is 1.02 bits per heavy atom. The first-order chi connectivity index (χ1) is 20.8. The second kappa shape index (κ2) is 13.5. The zero-order valence-electron chi connectivity index (χ0n) is 24.8. The van der Waals surface area contributed by atoms with Crippen LogP contribution in [0.1, 0.15) is 46.8 Å². The minimum Gasteiger partial charge on any atom is -0.480 e. The van der Waals surface area contributed by atoms with Crippen LogP contribution >= 0.6 is 11.8 Å². The van der Waals surface area contributed by atoms with Gasteiger partial charge in [-0.2, -0.15) is 11.8 Å². The van der Waals surface area contributed by atoms with E-state index in [0.717, 1.165) is 40.1 Å². The van der Waals surface area contributed by atoms with E-state index in [4.69, 9.17) is 9.47 Å². The lowest BCUT2D eigenvalue weighted by Gasteiger charge is -2.29. The second-order valence-corrected chi connectivity index (χ2v) is 12.2. The molecule has 2 N–H and O–H groups in total. The number of rotatable bonds is 12. The molecule has 3 aromatic carbocycles. The van der Waals surface area contributed by atoms with Crippen LogP contribution < -0.4 is 5.32 Å². The summed E-state index contributed by atoms with van der Waals surface area (Å²) in [5, 5.41) is 12.8. The molecule has 1 heterocycles. The molecule has 2 aliphatic rings. The highest BCUT2D eigenvalue weighted by molar-refractivity contribution is 7.98. The Bertz CT molecular complexity index is 1540. The lowest BCUT2D eigenvalue weighted by molar-refractivity contribution is -0.143. The Morgan fingerprint density at radius 2 is 1.77 bits per heavy atom. The third-order valence-corrected chi connectivity index (χ3v) is 8.64. The maximum atomic E-state index is 13.7. The number of nitrogens with one attached hydrogen (secondary N) is 1. The largest absolute Gasteiger partial charge is 0.480 e. The summed E-state index contributed by atoms with van der Waals surface area (Å²) in [6.07, 6.45) is 7.22. The molecule has 1 saturated heterocycles. The molecule has 5 rings (SSSR count). The zero-order valence-corrected chi connectivity index (χ0v) is 25.7. The van der Waals surface area contributed by atoms with Gasteiger partial charge in [0, 0.05) is 36.8 Å². The highest BCUT2D eigenvalue weighted by Crippen LogP contribution is 2.32. The lowest BCUT2D eigenvalue weighted by Crippen LogP contribution is -2.52. The van der Waals surface area contributed by atoms with Gasteiger partial charge in [-0.25, -0.2) is 4.79 Å².